The average molecular weight is 231 g/mol. The summed E-state index contributed by atoms with van der Waals surface area (Å²) in [5.41, 5.74) is 0.275. The summed E-state index contributed by atoms with van der Waals surface area (Å²) in [5, 5.41) is 14.4. The number of anilines is 1. The molecule has 17 heavy (non-hydrogen) atoms. The maximum Gasteiger partial charge on any atom is 0.242 e. The van der Waals surface area contributed by atoms with Gasteiger partial charge in [0.15, 0.2) is 0 Å². The Balaban J connectivity index is 1.94. The summed E-state index contributed by atoms with van der Waals surface area (Å²) in [7, 11) is 0. The van der Waals surface area contributed by atoms with Crippen LogP contribution in [0.25, 0.3) is 0 Å². The topological polar surface area (TPSA) is 90.7 Å². The zero-order valence-corrected chi connectivity index (χ0v) is 9.47. The maximum absolute atomic E-state index is 11.7. The molecule has 0 aliphatic heterocycles. The molecule has 1 aliphatic rings. The van der Waals surface area contributed by atoms with Gasteiger partial charge in [0, 0.05) is 12.2 Å². The molecule has 1 fully saturated rings. The maximum atomic E-state index is 11.7. The molecule has 0 bridgehead atoms. The minimum atomic E-state index is -0.412. The molecule has 6 nitrogen and oxygen atoms in total. The van der Waals surface area contributed by atoms with Crippen LogP contribution >= 0.6 is 0 Å². The van der Waals surface area contributed by atoms with Crippen LogP contribution in [0.1, 0.15) is 25.5 Å². The summed E-state index contributed by atoms with van der Waals surface area (Å²) in [5.74, 6) is 0.223. The van der Waals surface area contributed by atoms with E-state index in [1.165, 1.54) is 12.3 Å². The fraction of sp³-hybridized carbons (Fsp3) is 0.455. The molecule has 2 rings (SSSR count). The number of rotatable bonds is 4. The van der Waals surface area contributed by atoms with Crippen LogP contribution in [0.15, 0.2) is 12.3 Å². The Morgan fingerprint density at radius 3 is 3.06 bits per heavy atom. The molecule has 1 aromatic heterocycles. The van der Waals surface area contributed by atoms with Crippen molar-refractivity contribution in [2.24, 2.45) is 0 Å². The molecule has 1 saturated carbocycles. The first-order chi connectivity index (χ1) is 8.19. The number of aromatic nitrogens is 2. The van der Waals surface area contributed by atoms with Gasteiger partial charge in [-0.3, -0.25) is 4.79 Å². The molecule has 1 aromatic rings. The molecule has 88 valence electrons. The summed E-state index contributed by atoms with van der Waals surface area (Å²) >= 11 is 0. The van der Waals surface area contributed by atoms with Gasteiger partial charge in [0.1, 0.15) is 17.8 Å². The van der Waals surface area contributed by atoms with E-state index in [0.29, 0.717) is 12.0 Å². The van der Waals surface area contributed by atoms with E-state index < -0.39 is 6.04 Å². The smallest absolute Gasteiger partial charge is 0.242 e. The predicted molar refractivity (Wildman–Crippen MR) is 61.0 cm³/mol. The molecule has 1 aliphatic carbocycles. The van der Waals surface area contributed by atoms with Gasteiger partial charge >= 0.3 is 0 Å². The van der Waals surface area contributed by atoms with E-state index in [9.17, 15) is 4.79 Å². The Kier molecular flexibility index (Phi) is 3.19. The molecular formula is C11H13N5O. The minimum absolute atomic E-state index is 0.0709. The molecule has 0 radical (unpaired) electrons. The Morgan fingerprint density at radius 1 is 1.65 bits per heavy atom. The van der Waals surface area contributed by atoms with Gasteiger partial charge in [0.05, 0.1) is 0 Å². The zero-order chi connectivity index (χ0) is 12.3. The zero-order valence-electron chi connectivity index (χ0n) is 9.47. The number of carbonyl (C=O) groups excluding carboxylic acids is 1. The third-order valence-electron chi connectivity index (χ3n) is 2.43. The van der Waals surface area contributed by atoms with Crippen molar-refractivity contribution < 1.29 is 4.79 Å². The van der Waals surface area contributed by atoms with Gasteiger partial charge in [-0.1, -0.05) is 0 Å². The van der Waals surface area contributed by atoms with Gasteiger partial charge in [-0.2, -0.15) is 5.26 Å². The number of hydrogen-bond donors (Lipinski definition) is 2. The van der Waals surface area contributed by atoms with Gasteiger partial charge in [-0.25, -0.2) is 9.97 Å². The lowest BCUT2D eigenvalue weighted by molar-refractivity contribution is -0.121. The van der Waals surface area contributed by atoms with Gasteiger partial charge in [-0.15, -0.1) is 0 Å². The Hall–Kier alpha value is -2.16. The van der Waals surface area contributed by atoms with E-state index in [1.807, 2.05) is 6.07 Å². The molecule has 1 heterocycles. The van der Waals surface area contributed by atoms with Gasteiger partial charge in [0.25, 0.3) is 0 Å². The SMILES string of the molecule is CC(Nc1nccc(C#N)n1)C(=O)NC1CC1. The third kappa shape index (κ3) is 3.14. The molecule has 1 amide bonds. The largest absolute Gasteiger partial charge is 0.352 e. The van der Waals surface area contributed by atoms with Crippen LogP contribution in [-0.2, 0) is 4.79 Å². The number of amides is 1. The van der Waals surface area contributed by atoms with Crippen molar-refractivity contribution in [2.75, 3.05) is 5.32 Å². The van der Waals surface area contributed by atoms with Crippen molar-refractivity contribution in [3.8, 4) is 6.07 Å². The molecule has 2 N–H and O–H groups in total. The number of nitrogens with zero attached hydrogens (tertiary/aromatic N) is 3. The van der Waals surface area contributed by atoms with Crippen LogP contribution in [0.5, 0.6) is 0 Å². The van der Waals surface area contributed by atoms with Crippen LogP contribution in [0.4, 0.5) is 5.95 Å². The van der Waals surface area contributed by atoms with Crippen molar-refractivity contribution >= 4 is 11.9 Å². The Labute approximate surface area is 99.1 Å². The number of nitriles is 1. The number of nitrogens with one attached hydrogen (secondary N) is 2. The van der Waals surface area contributed by atoms with Crippen LogP contribution < -0.4 is 10.6 Å². The molecule has 1 unspecified atom stereocenters. The lowest BCUT2D eigenvalue weighted by Gasteiger charge is -2.13. The summed E-state index contributed by atoms with van der Waals surface area (Å²) in [6.07, 6.45) is 3.59. The fourth-order valence-corrected chi connectivity index (χ4v) is 1.30. The highest BCUT2D eigenvalue weighted by atomic mass is 16.2. The average Bonchev–Trinajstić information content (AvgIpc) is 3.13. The van der Waals surface area contributed by atoms with E-state index in [1.54, 1.807) is 6.92 Å². The second-order valence-corrected chi connectivity index (χ2v) is 4.03. The molecule has 0 spiro atoms. The standard InChI is InChI=1S/C11H13N5O/c1-7(10(17)15-8-2-3-8)14-11-13-5-4-9(6-12)16-11/h4-5,7-8H,2-3H2,1H3,(H,15,17)(H,13,14,16). The van der Waals surface area contributed by atoms with Crippen LogP contribution in [-0.4, -0.2) is 28.0 Å². The van der Waals surface area contributed by atoms with Crippen molar-refractivity contribution in [3.63, 3.8) is 0 Å². The van der Waals surface area contributed by atoms with Crippen LogP contribution in [0, 0.1) is 11.3 Å². The molecular weight excluding hydrogens is 218 g/mol. The van der Waals surface area contributed by atoms with Gasteiger partial charge in [0.2, 0.25) is 11.9 Å². The van der Waals surface area contributed by atoms with E-state index >= 15 is 0 Å². The highest BCUT2D eigenvalue weighted by Crippen LogP contribution is 2.18. The monoisotopic (exact) mass is 231 g/mol. The summed E-state index contributed by atoms with van der Waals surface area (Å²) in [6, 6.07) is 3.35. The first-order valence-electron chi connectivity index (χ1n) is 5.49. The number of carbonyl (C=O) groups is 1. The second-order valence-electron chi connectivity index (χ2n) is 4.03. The predicted octanol–water partition coefficient (Wildman–Crippen LogP) is 0.427. The van der Waals surface area contributed by atoms with E-state index in [0.717, 1.165) is 12.8 Å². The molecule has 1 atom stereocenters. The van der Waals surface area contributed by atoms with Crippen LogP contribution in [0.3, 0.4) is 0 Å². The highest BCUT2D eigenvalue weighted by Gasteiger charge is 2.25. The Morgan fingerprint density at radius 2 is 2.41 bits per heavy atom. The fourth-order valence-electron chi connectivity index (χ4n) is 1.30. The van der Waals surface area contributed by atoms with Crippen molar-refractivity contribution in [3.05, 3.63) is 18.0 Å². The van der Waals surface area contributed by atoms with Gasteiger partial charge < -0.3 is 10.6 Å². The first-order valence-corrected chi connectivity index (χ1v) is 5.49. The van der Waals surface area contributed by atoms with E-state index in [4.69, 9.17) is 5.26 Å². The first kappa shape index (κ1) is 11.3. The van der Waals surface area contributed by atoms with Crippen molar-refractivity contribution in [1.82, 2.24) is 15.3 Å². The molecule has 6 heteroatoms. The summed E-state index contributed by atoms with van der Waals surface area (Å²) in [6.45, 7) is 1.74. The lowest BCUT2D eigenvalue weighted by atomic mass is 10.3. The van der Waals surface area contributed by atoms with Crippen molar-refractivity contribution in [2.45, 2.75) is 31.8 Å². The summed E-state index contributed by atoms with van der Waals surface area (Å²) < 4.78 is 0. The Bertz CT molecular complexity index is 463. The van der Waals surface area contributed by atoms with Crippen LogP contribution in [0.2, 0.25) is 0 Å². The quantitative estimate of drug-likeness (QED) is 0.784. The second kappa shape index (κ2) is 4.78. The summed E-state index contributed by atoms with van der Waals surface area (Å²) in [4.78, 5) is 19.6. The van der Waals surface area contributed by atoms with E-state index in [-0.39, 0.29) is 11.6 Å². The normalized spacial score (nSPS) is 15.8. The van der Waals surface area contributed by atoms with Gasteiger partial charge in [-0.05, 0) is 25.8 Å². The minimum Gasteiger partial charge on any atom is -0.352 e. The third-order valence-corrected chi connectivity index (χ3v) is 2.43. The van der Waals surface area contributed by atoms with E-state index in [2.05, 4.69) is 20.6 Å². The van der Waals surface area contributed by atoms with Crippen molar-refractivity contribution in [1.29, 1.82) is 5.26 Å². The molecule has 0 saturated heterocycles. The molecule has 0 aromatic carbocycles. The highest BCUT2D eigenvalue weighted by molar-refractivity contribution is 5.84. The lowest BCUT2D eigenvalue weighted by Crippen LogP contribution is -2.39. The number of hydrogen-bond acceptors (Lipinski definition) is 5.